The number of anilines is 4. The maximum atomic E-state index is 5.75. The van der Waals surface area contributed by atoms with Crippen LogP contribution in [0.1, 0.15) is 0 Å². The van der Waals surface area contributed by atoms with Crippen LogP contribution in [0.4, 0.5) is 23.1 Å². The molecule has 146 valence electrons. The highest BCUT2D eigenvalue weighted by Crippen LogP contribution is 2.18. The van der Waals surface area contributed by atoms with Crippen molar-refractivity contribution in [2.24, 2.45) is 5.73 Å². The minimum atomic E-state index is 0.130. The van der Waals surface area contributed by atoms with Gasteiger partial charge in [-0.2, -0.15) is 4.98 Å². The summed E-state index contributed by atoms with van der Waals surface area (Å²) >= 11 is 10.4. The molecule has 0 spiro atoms. The monoisotopic (exact) mass is 411 g/mol. The van der Waals surface area contributed by atoms with E-state index in [9.17, 15) is 0 Å². The Bertz CT molecular complexity index is 770. The van der Waals surface area contributed by atoms with Gasteiger partial charge in [0.1, 0.15) is 11.0 Å². The molecule has 2 aromatic rings. The van der Waals surface area contributed by atoms with Crippen LogP contribution in [-0.4, -0.2) is 52.4 Å². The normalized spacial score (nSPS) is 12.6. The third-order valence-corrected chi connectivity index (χ3v) is 3.55. The van der Waals surface area contributed by atoms with Gasteiger partial charge in [0, 0.05) is 23.8 Å². The number of hydrogen-bond acceptors (Lipinski definition) is 7. The second-order valence-corrected chi connectivity index (χ2v) is 5.80. The number of nitrogens with zero attached hydrogens (tertiary/aromatic N) is 4. The molecule has 27 heavy (non-hydrogen) atoms. The second kappa shape index (κ2) is 11.1. The molecule has 0 atom stereocenters. The largest absolute Gasteiger partial charge is 0.399 e. The number of nitrogen functional groups attached to an aromatic ring is 2. The first-order chi connectivity index (χ1) is 12.8. The molecule has 8 nitrogen and oxygen atoms in total. The van der Waals surface area contributed by atoms with Crippen LogP contribution in [-0.2, 0) is 0 Å². The number of nitrogens with two attached hydrogens (primary N) is 3. The van der Waals surface area contributed by atoms with Crippen LogP contribution in [0.5, 0.6) is 0 Å². The van der Waals surface area contributed by atoms with Crippen molar-refractivity contribution in [3.63, 3.8) is 0 Å². The van der Waals surface area contributed by atoms with Crippen LogP contribution in [0, 0.1) is 0 Å². The number of nitrogens with one attached hydrogen (secondary N) is 1. The summed E-state index contributed by atoms with van der Waals surface area (Å²) in [5.41, 5.74) is 18.2. The predicted molar refractivity (Wildman–Crippen MR) is 115 cm³/mol. The molecule has 7 N–H and O–H groups in total. The summed E-state index contributed by atoms with van der Waals surface area (Å²) in [4.78, 5) is 9.65. The lowest BCUT2D eigenvalue weighted by Gasteiger charge is -2.13. The Labute approximate surface area is 169 Å². The van der Waals surface area contributed by atoms with Crippen LogP contribution in [0.25, 0.3) is 0 Å². The summed E-state index contributed by atoms with van der Waals surface area (Å²) in [5, 5.41) is 3.34. The van der Waals surface area contributed by atoms with Gasteiger partial charge in [-0.3, -0.25) is 10.3 Å². The minimum Gasteiger partial charge on any atom is -0.399 e. The zero-order valence-electron chi connectivity index (χ0n) is 15.5. The van der Waals surface area contributed by atoms with E-state index in [1.165, 1.54) is 6.38 Å². The smallest absolute Gasteiger partial charge is 0.350 e. The molecule has 0 radical (unpaired) electrons. The summed E-state index contributed by atoms with van der Waals surface area (Å²) < 4.78 is 1.99. The lowest BCUT2D eigenvalue weighted by molar-refractivity contribution is -0.494. The van der Waals surface area contributed by atoms with Crippen molar-refractivity contribution in [3.8, 4) is 0 Å². The van der Waals surface area contributed by atoms with Gasteiger partial charge in [0.05, 0.1) is 26.8 Å². The van der Waals surface area contributed by atoms with E-state index < -0.39 is 0 Å². The number of alkyl halides is 1. The van der Waals surface area contributed by atoms with E-state index in [0.717, 1.165) is 18.2 Å². The summed E-state index contributed by atoms with van der Waals surface area (Å²) in [7, 11) is 3.90. The SMILES string of the molecule is CCl.CN1C=CC[N+](C)=C1N.Nc1ccc(Nc2cc(Cl)nc(N)n2)cc1. The highest BCUT2D eigenvalue weighted by molar-refractivity contribution is 6.29. The van der Waals surface area contributed by atoms with Gasteiger partial charge in [-0.15, -0.1) is 11.6 Å². The van der Waals surface area contributed by atoms with Crippen LogP contribution < -0.4 is 22.5 Å². The molecule has 1 aliphatic rings. The summed E-state index contributed by atoms with van der Waals surface area (Å²) in [6.45, 7) is 0.913. The fourth-order valence-corrected chi connectivity index (χ4v) is 2.21. The lowest BCUT2D eigenvalue weighted by atomic mass is 10.3. The fraction of sp³-hybridized carbons (Fsp3) is 0.235. The molecule has 0 saturated heterocycles. The third kappa shape index (κ3) is 7.59. The number of guanidine groups is 1. The van der Waals surface area contributed by atoms with Crippen molar-refractivity contribution in [2.75, 3.05) is 43.8 Å². The van der Waals surface area contributed by atoms with Crippen molar-refractivity contribution in [1.82, 2.24) is 14.9 Å². The number of hydrogen-bond donors (Lipinski definition) is 4. The van der Waals surface area contributed by atoms with E-state index in [1.807, 2.05) is 41.9 Å². The Morgan fingerprint density at radius 1 is 1.11 bits per heavy atom. The summed E-state index contributed by atoms with van der Waals surface area (Å²) in [6.07, 6.45) is 5.51. The van der Waals surface area contributed by atoms with Crippen LogP contribution in [0.2, 0.25) is 5.15 Å². The molecule has 0 unspecified atom stereocenters. The van der Waals surface area contributed by atoms with E-state index in [0.29, 0.717) is 16.7 Å². The molecule has 2 heterocycles. The van der Waals surface area contributed by atoms with E-state index in [-0.39, 0.29) is 5.95 Å². The molecule has 10 heteroatoms. The van der Waals surface area contributed by atoms with Gasteiger partial charge in [-0.05, 0) is 30.3 Å². The highest BCUT2D eigenvalue weighted by Gasteiger charge is 2.11. The molecule has 0 aliphatic carbocycles. The molecular formula is C17H25Cl2N8+. The molecule has 0 saturated carbocycles. The molecule has 1 aromatic heterocycles. The Kier molecular flexibility index (Phi) is 9.18. The van der Waals surface area contributed by atoms with Crippen LogP contribution in [0.15, 0.2) is 42.6 Å². The predicted octanol–water partition coefficient (Wildman–Crippen LogP) is 2.30. The van der Waals surface area contributed by atoms with Crippen LogP contribution in [0.3, 0.4) is 0 Å². The topological polar surface area (TPSA) is 122 Å². The Morgan fingerprint density at radius 3 is 2.26 bits per heavy atom. The summed E-state index contributed by atoms with van der Waals surface area (Å²) in [6, 6.07) is 8.83. The average molecular weight is 412 g/mol. The average Bonchev–Trinajstić information content (AvgIpc) is 2.63. The Hall–Kier alpha value is -2.71. The Balaban J connectivity index is 0.000000282. The zero-order chi connectivity index (χ0) is 20.4. The lowest BCUT2D eigenvalue weighted by Crippen LogP contribution is -2.40. The van der Waals surface area contributed by atoms with Crippen molar-refractivity contribution >= 4 is 52.3 Å². The molecular weight excluding hydrogens is 387 g/mol. The molecule has 1 aliphatic heterocycles. The van der Waals surface area contributed by atoms with Gasteiger partial charge in [0.2, 0.25) is 5.95 Å². The van der Waals surface area contributed by atoms with Gasteiger partial charge in [0.25, 0.3) is 0 Å². The number of halogens is 2. The molecule has 3 rings (SSSR count). The second-order valence-electron chi connectivity index (χ2n) is 5.42. The van der Waals surface area contributed by atoms with Gasteiger partial charge < -0.3 is 16.8 Å². The molecule has 1 aromatic carbocycles. The number of likely N-dealkylation sites (N-methyl/N-ethyl adjacent to an activating group) is 1. The summed E-state index contributed by atoms with van der Waals surface area (Å²) in [5.74, 6) is 1.48. The maximum absolute atomic E-state index is 5.75. The number of rotatable bonds is 2. The zero-order valence-corrected chi connectivity index (χ0v) is 17.0. The standard InChI is InChI=1S/C10H10ClN5.C6H11N3.CH3Cl/c11-8-5-9(16-10(13)15-8)14-7-3-1-6(12)2-4-7;1-8-4-3-5-9(2)6(8)7;1-2/h1-5H,12H2,(H3,13,14,15,16);3-4,7H,5H2,1-2H3;1H3/p+1. The quantitative estimate of drug-likeness (QED) is 0.258. The van der Waals surface area contributed by atoms with E-state index in [4.69, 9.17) is 28.8 Å². The first-order valence-corrected chi connectivity index (χ1v) is 9.02. The molecule has 0 fully saturated rings. The van der Waals surface area contributed by atoms with E-state index >= 15 is 0 Å². The van der Waals surface area contributed by atoms with E-state index in [2.05, 4.69) is 33.0 Å². The van der Waals surface area contributed by atoms with E-state index in [1.54, 1.807) is 18.2 Å². The third-order valence-electron chi connectivity index (χ3n) is 3.36. The van der Waals surface area contributed by atoms with Crippen molar-refractivity contribution < 1.29 is 4.58 Å². The van der Waals surface area contributed by atoms with Gasteiger partial charge in [0.15, 0.2) is 0 Å². The van der Waals surface area contributed by atoms with Crippen molar-refractivity contribution in [3.05, 3.63) is 47.8 Å². The van der Waals surface area contributed by atoms with Gasteiger partial charge in [-0.25, -0.2) is 9.88 Å². The van der Waals surface area contributed by atoms with Crippen molar-refractivity contribution in [1.29, 1.82) is 0 Å². The first-order valence-electron chi connectivity index (χ1n) is 7.88. The number of aromatic nitrogens is 2. The molecule has 0 amide bonds. The maximum Gasteiger partial charge on any atom is 0.350 e. The van der Waals surface area contributed by atoms with Crippen molar-refractivity contribution in [2.45, 2.75) is 0 Å². The molecule has 0 bridgehead atoms. The first kappa shape index (κ1) is 22.3. The minimum absolute atomic E-state index is 0.130. The fourth-order valence-electron chi connectivity index (χ4n) is 2.02. The van der Waals surface area contributed by atoms with Crippen LogP contribution >= 0.6 is 23.2 Å². The van der Waals surface area contributed by atoms with Gasteiger partial charge in [-0.1, -0.05) is 11.6 Å². The van der Waals surface area contributed by atoms with Gasteiger partial charge >= 0.3 is 5.96 Å². The Morgan fingerprint density at radius 2 is 1.74 bits per heavy atom. The number of benzene rings is 1. The highest BCUT2D eigenvalue weighted by atomic mass is 35.5.